The number of hydrogen-bond donors (Lipinski definition) is 0. The van der Waals surface area contributed by atoms with Crippen molar-refractivity contribution in [3.63, 3.8) is 0 Å². The molecule has 75 heavy (non-hydrogen) atoms. The lowest BCUT2D eigenvalue weighted by Crippen LogP contribution is -2.05. The lowest BCUT2D eigenvalue weighted by molar-refractivity contribution is 1.14. The van der Waals surface area contributed by atoms with Gasteiger partial charge in [-0.15, -0.1) is 0 Å². The first-order chi connectivity index (χ1) is 37.2. The Bertz CT molecular complexity index is 4590. The molecule has 5 nitrogen and oxygen atoms in total. The van der Waals surface area contributed by atoms with Gasteiger partial charge in [-0.05, 0) is 65.7 Å². The van der Waals surface area contributed by atoms with E-state index in [4.69, 9.17) is 9.97 Å². The van der Waals surface area contributed by atoms with E-state index in [2.05, 4.69) is 281 Å². The molecule has 0 aliphatic carbocycles. The van der Waals surface area contributed by atoms with Crippen LogP contribution in [0.5, 0.6) is 0 Å². The molecule has 0 spiro atoms. The van der Waals surface area contributed by atoms with Crippen LogP contribution in [0.15, 0.2) is 273 Å². The number of fused-ring (bicyclic) bond motifs is 9. The molecule has 0 fully saturated rings. The van der Waals surface area contributed by atoms with Crippen molar-refractivity contribution < 1.29 is 0 Å². The molecule has 0 atom stereocenters. The lowest BCUT2D eigenvalue weighted by Gasteiger charge is -2.21. The summed E-state index contributed by atoms with van der Waals surface area (Å²) in [5.74, 6) is 0.649. The standard InChI is InChI=1S/C70H45N5/c1-4-22-46(23-5-1)50-33-20-35-57(68(50)74-64-39-17-12-30-54(64)55-31-13-18-40-65(55)74)60-45-61(72-70(71-60)48-26-8-3-9-27-48)58-36-21-34-51(47-24-6-2-7-25-47)69(58)75-66-41-19-14-32-56(66)59-44-49(42-43-67(59)75)73-62-37-15-10-28-52(62)53-29-11-16-38-63(53)73/h1-45H. The fourth-order valence-corrected chi connectivity index (χ4v) is 11.8. The van der Waals surface area contributed by atoms with Crippen LogP contribution >= 0.6 is 0 Å². The third-order valence-electron chi connectivity index (χ3n) is 15.1. The van der Waals surface area contributed by atoms with Gasteiger partial charge in [0.25, 0.3) is 0 Å². The number of hydrogen-bond acceptors (Lipinski definition) is 2. The van der Waals surface area contributed by atoms with Crippen molar-refractivity contribution in [3.05, 3.63) is 273 Å². The molecule has 15 aromatic rings. The van der Waals surface area contributed by atoms with Crippen LogP contribution in [0.3, 0.4) is 0 Å². The van der Waals surface area contributed by atoms with E-state index in [9.17, 15) is 0 Å². The van der Waals surface area contributed by atoms with Gasteiger partial charge in [0.15, 0.2) is 5.82 Å². The van der Waals surface area contributed by atoms with E-state index in [1.165, 1.54) is 43.4 Å². The highest BCUT2D eigenvalue weighted by molar-refractivity contribution is 6.14. The van der Waals surface area contributed by atoms with E-state index in [0.717, 1.165) is 89.5 Å². The van der Waals surface area contributed by atoms with Gasteiger partial charge in [0.05, 0.1) is 55.9 Å². The van der Waals surface area contributed by atoms with Gasteiger partial charge >= 0.3 is 0 Å². The Kier molecular flexibility index (Phi) is 9.82. The molecule has 4 heterocycles. The predicted octanol–water partition coefficient (Wildman–Crippen LogP) is 18.1. The minimum absolute atomic E-state index is 0.649. The SMILES string of the molecule is c1ccc(-c2nc(-c3cccc(-c4ccccc4)c3-n3c4ccccc4c4ccccc43)cc(-c3cccc(-c4ccccc4)c3-n3c4ccccc4c4cc(-n5c6ccccc6c6ccccc65)ccc43)n2)cc1. The monoisotopic (exact) mass is 955 g/mol. The molecule has 0 aliphatic heterocycles. The van der Waals surface area contributed by atoms with Crippen LogP contribution in [0.2, 0.25) is 0 Å². The fraction of sp³-hybridized carbons (Fsp3) is 0. The summed E-state index contributed by atoms with van der Waals surface area (Å²) in [6.45, 7) is 0. The zero-order valence-corrected chi connectivity index (χ0v) is 40.7. The highest BCUT2D eigenvalue weighted by Gasteiger charge is 2.25. The second kappa shape index (κ2) is 17.3. The minimum atomic E-state index is 0.649. The largest absolute Gasteiger partial charge is 0.309 e. The Morgan fingerprint density at radius 1 is 0.227 bits per heavy atom. The maximum absolute atomic E-state index is 5.61. The average Bonchev–Trinajstić information content (AvgIpc) is 4.18. The van der Waals surface area contributed by atoms with Gasteiger partial charge in [0, 0.05) is 65.8 Å². The van der Waals surface area contributed by atoms with Crippen LogP contribution < -0.4 is 0 Å². The van der Waals surface area contributed by atoms with Crippen LogP contribution in [-0.4, -0.2) is 23.7 Å². The van der Waals surface area contributed by atoms with Crippen molar-refractivity contribution in [1.29, 1.82) is 0 Å². The first kappa shape index (κ1) is 42.6. The fourth-order valence-electron chi connectivity index (χ4n) is 11.8. The molecule has 5 heteroatoms. The van der Waals surface area contributed by atoms with Crippen LogP contribution in [-0.2, 0) is 0 Å². The minimum Gasteiger partial charge on any atom is -0.309 e. The summed E-state index contributed by atoms with van der Waals surface area (Å²) in [6, 6.07) is 98.2. The van der Waals surface area contributed by atoms with Crippen molar-refractivity contribution in [2.24, 2.45) is 0 Å². The summed E-state index contributed by atoms with van der Waals surface area (Å²) >= 11 is 0. The topological polar surface area (TPSA) is 40.6 Å². The van der Waals surface area contributed by atoms with Gasteiger partial charge in [-0.2, -0.15) is 0 Å². The molecule has 0 bridgehead atoms. The Hall–Kier alpha value is -10.1. The Labute approximate surface area is 433 Å². The highest BCUT2D eigenvalue weighted by atomic mass is 15.0. The van der Waals surface area contributed by atoms with Crippen LogP contribution in [0, 0.1) is 0 Å². The molecule has 11 aromatic carbocycles. The predicted molar refractivity (Wildman–Crippen MR) is 312 cm³/mol. The van der Waals surface area contributed by atoms with Gasteiger partial charge in [-0.3, -0.25) is 0 Å². The molecule has 0 aliphatic rings. The van der Waals surface area contributed by atoms with Crippen molar-refractivity contribution in [1.82, 2.24) is 23.7 Å². The van der Waals surface area contributed by atoms with Gasteiger partial charge in [-0.25, -0.2) is 9.97 Å². The van der Waals surface area contributed by atoms with Gasteiger partial charge < -0.3 is 13.7 Å². The first-order valence-corrected chi connectivity index (χ1v) is 25.6. The van der Waals surface area contributed by atoms with Gasteiger partial charge in [0.2, 0.25) is 0 Å². The number of para-hydroxylation sites is 7. The Balaban J connectivity index is 1.03. The third-order valence-corrected chi connectivity index (χ3v) is 15.1. The summed E-state index contributed by atoms with van der Waals surface area (Å²) in [5, 5.41) is 7.22. The molecule has 0 saturated carbocycles. The average molecular weight is 956 g/mol. The molecular formula is C70H45N5. The highest BCUT2D eigenvalue weighted by Crippen LogP contribution is 2.45. The normalized spacial score (nSPS) is 11.7. The van der Waals surface area contributed by atoms with Crippen molar-refractivity contribution in [2.45, 2.75) is 0 Å². The molecule has 0 amide bonds. The summed E-state index contributed by atoms with van der Waals surface area (Å²) in [7, 11) is 0. The summed E-state index contributed by atoms with van der Waals surface area (Å²) in [6.07, 6.45) is 0. The first-order valence-electron chi connectivity index (χ1n) is 25.6. The van der Waals surface area contributed by atoms with Crippen molar-refractivity contribution in [3.8, 4) is 73.2 Å². The Morgan fingerprint density at radius 2 is 0.560 bits per heavy atom. The smallest absolute Gasteiger partial charge is 0.160 e. The maximum atomic E-state index is 5.61. The van der Waals surface area contributed by atoms with Crippen LogP contribution in [0.4, 0.5) is 0 Å². The van der Waals surface area contributed by atoms with E-state index < -0.39 is 0 Å². The molecule has 0 saturated heterocycles. The van der Waals surface area contributed by atoms with E-state index >= 15 is 0 Å². The summed E-state index contributed by atoms with van der Waals surface area (Å²) < 4.78 is 7.33. The van der Waals surface area contributed by atoms with E-state index in [1.807, 2.05) is 6.07 Å². The zero-order chi connectivity index (χ0) is 49.4. The molecule has 0 unspecified atom stereocenters. The molecule has 0 radical (unpaired) electrons. The Morgan fingerprint density at radius 3 is 0.987 bits per heavy atom. The summed E-state index contributed by atoms with van der Waals surface area (Å²) in [5.41, 5.74) is 19.1. The molecule has 15 rings (SSSR count). The number of benzene rings is 11. The van der Waals surface area contributed by atoms with E-state index in [-0.39, 0.29) is 0 Å². The summed E-state index contributed by atoms with van der Waals surface area (Å²) in [4.78, 5) is 11.2. The molecule has 0 N–H and O–H groups in total. The van der Waals surface area contributed by atoms with E-state index in [0.29, 0.717) is 5.82 Å². The molecule has 4 aromatic heterocycles. The molecule has 350 valence electrons. The second-order valence-corrected chi connectivity index (χ2v) is 19.3. The van der Waals surface area contributed by atoms with Crippen molar-refractivity contribution in [2.75, 3.05) is 0 Å². The number of nitrogens with zero attached hydrogens (tertiary/aromatic N) is 5. The van der Waals surface area contributed by atoms with Gasteiger partial charge in [0.1, 0.15) is 0 Å². The zero-order valence-electron chi connectivity index (χ0n) is 40.7. The van der Waals surface area contributed by atoms with Gasteiger partial charge in [-0.1, -0.05) is 218 Å². The number of aromatic nitrogens is 5. The van der Waals surface area contributed by atoms with E-state index in [1.54, 1.807) is 0 Å². The van der Waals surface area contributed by atoms with Crippen LogP contribution in [0.1, 0.15) is 0 Å². The number of rotatable bonds is 8. The maximum Gasteiger partial charge on any atom is 0.160 e. The lowest BCUT2D eigenvalue weighted by atomic mass is 9.95. The van der Waals surface area contributed by atoms with Crippen molar-refractivity contribution >= 4 is 65.4 Å². The quantitative estimate of drug-likeness (QED) is 0.152. The molecular weight excluding hydrogens is 911 g/mol. The third kappa shape index (κ3) is 6.79. The van der Waals surface area contributed by atoms with Crippen LogP contribution in [0.25, 0.3) is 139 Å². The second-order valence-electron chi connectivity index (χ2n) is 19.3.